The van der Waals surface area contributed by atoms with E-state index in [9.17, 15) is 9.90 Å². The number of aromatic nitrogens is 1. The van der Waals surface area contributed by atoms with Crippen molar-refractivity contribution >= 4 is 5.91 Å². The van der Waals surface area contributed by atoms with Crippen molar-refractivity contribution in [3.63, 3.8) is 0 Å². The molecule has 2 N–H and O–H groups in total. The predicted molar refractivity (Wildman–Crippen MR) is 61.7 cm³/mol. The van der Waals surface area contributed by atoms with Crippen LogP contribution in [0.3, 0.4) is 0 Å². The van der Waals surface area contributed by atoms with Crippen molar-refractivity contribution in [1.82, 2.24) is 10.5 Å². The molecule has 1 aliphatic carbocycles. The molecule has 1 aromatic rings. The van der Waals surface area contributed by atoms with Gasteiger partial charge in [-0.25, -0.2) is 0 Å². The Bertz CT molecular complexity index is 408. The molecule has 1 heterocycles. The van der Waals surface area contributed by atoms with Crippen molar-refractivity contribution in [1.29, 1.82) is 0 Å². The molecule has 2 rings (SSSR count). The average molecular weight is 238 g/mol. The molecule has 0 radical (unpaired) electrons. The molecule has 5 nitrogen and oxygen atoms in total. The quantitative estimate of drug-likeness (QED) is 0.832. The molecule has 0 aliphatic heterocycles. The predicted octanol–water partition coefficient (Wildman–Crippen LogP) is 1.44. The van der Waals surface area contributed by atoms with Gasteiger partial charge in [0.2, 0.25) is 0 Å². The lowest BCUT2D eigenvalue weighted by Crippen LogP contribution is -2.47. The van der Waals surface area contributed by atoms with Crippen LogP contribution in [0.5, 0.6) is 0 Å². The molecule has 17 heavy (non-hydrogen) atoms. The average Bonchev–Trinajstić information content (AvgIpc) is 2.72. The highest BCUT2D eigenvalue weighted by molar-refractivity contribution is 5.92. The van der Waals surface area contributed by atoms with Gasteiger partial charge in [0, 0.05) is 18.5 Å². The number of carbonyl (C=O) groups is 1. The van der Waals surface area contributed by atoms with E-state index in [-0.39, 0.29) is 24.1 Å². The van der Waals surface area contributed by atoms with E-state index in [1.807, 2.05) is 13.8 Å². The first-order chi connectivity index (χ1) is 8.00. The molecule has 94 valence electrons. The Balaban J connectivity index is 1.90. The zero-order valence-corrected chi connectivity index (χ0v) is 10.2. The molecule has 0 aromatic carbocycles. The van der Waals surface area contributed by atoms with Crippen LogP contribution in [-0.2, 0) is 0 Å². The van der Waals surface area contributed by atoms with E-state index in [0.717, 1.165) is 19.3 Å². The minimum atomic E-state index is -0.708. The number of carbonyl (C=O) groups excluding carboxylic acids is 1. The Kier molecular flexibility index (Phi) is 3.19. The molecule has 5 heteroatoms. The maximum atomic E-state index is 11.7. The largest absolute Gasteiger partial charge is 0.388 e. The van der Waals surface area contributed by atoms with Crippen molar-refractivity contribution in [2.75, 3.05) is 6.54 Å². The molecule has 1 amide bonds. The first-order valence-corrected chi connectivity index (χ1v) is 5.97. The van der Waals surface area contributed by atoms with Gasteiger partial charge in [-0.2, -0.15) is 0 Å². The highest BCUT2D eigenvalue weighted by atomic mass is 16.5. The van der Waals surface area contributed by atoms with Crippen LogP contribution in [0.1, 0.15) is 55.3 Å². The SMILES string of the molecule is CC(C)c1cc(C(=O)NCC2(O)CCC2)no1. The Hall–Kier alpha value is -1.36. The summed E-state index contributed by atoms with van der Waals surface area (Å²) >= 11 is 0. The Labute approximate surface area is 100 Å². The smallest absolute Gasteiger partial charge is 0.273 e. The van der Waals surface area contributed by atoms with Crippen molar-refractivity contribution in [2.45, 2.75) is 44.6 Å². The molecular formula is C12H18N2O3. The van der Waals surface area contributed by atoms with Crippen LogP contribution >= 0.6 is 0 Å². The second-order valence-corrected chi connectivity index (χ2v) is 5.03. The van der Waals surface area contributed by atoms with Crippen molar-refractivity contribution in [3.8, 4) is 0 Å². The highest BCUT2D eigenvalue weighted by Crippen LogP contribution is 2.30. The van der Waals surface area contributed by atoms with Crippen LogP contribution in [0.4, 0.5) is 0 Å². The van der Waals surface area contributed by atoms with Gasteiger partial charge in [0.05, 0.1) is 5.60 Å². The molecular weight excluding hydrogens is 220 g/mol. The van der Waals surface area contributed by atoms with E-state index in [2.05, 4.69) is 10.5 Å². The molecule has 1 saturated carbocycles. The van der Waals surface area contributed by atoms with E-state index in [0.29, 0.717) is 5.76 Å². The lowest BCUT2D eigenvalue weighted by molar-refractivity contribution is -0.0301. The lowest BCUT2D eigenvalue weighted by Gasteiger charge is -2.36. The molecule has 0 saturated heterocycles. The molecule has 0 unspecified atom stereocenters. The zero-order valence-electron chi connectivity index (χ0n) is 10.2. The Morgan fingerprint density at radius 1 is 1.65 bits per heavy atom. The molecule has 1 aliphatic rings. The van der Waals surface area contributed by atoms with Crippen molar-refractivity contribution in [2.24, 2.45) is 0 Å². The summed E-state index contributed by atoms with van der Waals surface area (Å²) in [6.45, 7) is 4.23. The first kappa shape index (κ1) is 12.1. The van der Waals surface area contributed by atoms with E-state index in [1.54, 1.807) is 6.07 Å². The molecule has 1 fully saturated rings. The van der Waals surface area contributed by atoms with Crippen LogP contribution < -0.4 is 5.32 Å². The summed E-state index contributed by atoms with van der Waals surface area (Å²) in [5.41, 5.74) is -0.433. The van der Waals surface area contributed by atoms with E-state index in [4.69, 9.17) is 4.52 Å². The molecule has 0 bridgehead atoms. The highest BCUT2D eigenvalue weighted by Gasteiger charge is 2.34. The van der Waals surface area contributed by atoms with Gasteiger partial charge in [-0.3, -0.25) is 4.79 Å². The van der Waals surface area contributed by atoms with Gasteiger partial charge < -0.3 is 14.9 Å². The van der Waals surface area contributed by atoms with Gasteiger partial charge in [-0.1, -0.05) is 19.0 Å². The number of nitrogens with zero attached hydrogens (tertiary/aromatic N) is 1. The number of amides is 1. The van der Waals surface area contributed by atoms with Crippen LogP contribution in [0.2, 0.25) is 0 Å². The summed E-state index contributed by atoms with van der Waals surface area (Å²) in [5.74, 6) is 0.610. The fourth-order valence-corrected chi connectivity index (χ4v) is 1.77. The second kappa shape index (κ2) is 4.49. The summed E-state index contributed by atoms with van der Waals surface area (Å²) in [4.78, 5) is 11.7. The van der Waals surface area contributed by atoms with Crippen molar-refractivity contribution in [3.05, 3.63) is 17.5 Å². The molecule has 1 aromatic heterocycles. The van der Waals surface area contributed by atoms with Gasteiger partial charge in [-0.05, 0) is 19.3 Å². The summed E-state index contributed by atoms with van der Waals surface area (Å²) in [6.07, 6.45) is 2.53. The standard InChI is InChI=1S/C12H18N2O3/c1-8(2)10-6-9(14-17-10)11(15)13-7-12(16)4-3-5-12/h6,8,16H,3-5,7H2,1-2H3,(H,13,15). The monoisotopic (exact) mass is 238 g/mol. The summed E-state index contributed by atoms with van der Waals surface area (Å²) in [5, 5.41) is 16.2. The number of rotatable bonds is 4. The normalized spacial score (nSPS) is 17.9. The number of aliphatic hydroxyl groups is 1. The zero-order chi connectivity index (χ0) is 12.5. The minimum absolute atomic E-state index is 0.208. The summed E-state index contributed by atoms with van der Waals surface area (Å²) in [7, 11) is 0. The third kappa shape index (κ3) is 2.66. The number of nitrogens with one attached hydrogen (secondary N) is 1. The third-order valence-corrected chi connectivity index (χ3v) is 3.19. The topological polar surface area (TPSA) is 75.4 Å². The van der Waals surface area contributed by atoms with E-state index >= 15 is 0 Å². The maximum absolute atomic E-state index is 11.7. The maximum Gasteiger partial charge on any atom is 0.273 e. The lowest BCUT2D eigenvalue weighted by atomic mass is 9.80. The van der Waals surface area contributed by atoms with E-state index in [1.165, 1.54) is 0 Å². The molecule has 0 spiro atoms. The van der Waals surface area contributed by atoms with Gasteiger partial charge in [0.1, 0.15) is 5.76 Å². The summed E-state index contributed by atoms with van der Waals surface area (Å²) in [6, 6.07) is 1.64. The van der Waals surface area contributed by atoms with Gasteiger partial charge in [-0.15, -0.1) is 0 Å². The first-order valence-electron chi connectivity index (χ1n) is 5.97. The van der Waals surface area contributed by atoms with Gasteiger partial charge in [0.15, 0.2) is 5.69 Å². The van der Waals surface area contributed by atoms with Crippen LogP contribution in [0.25, 0.3) is 0 Å². The second-order valence-electron chi connectivity index (χ2n) is 5.03. The van der Waals surface area contributed by atoms with Crippen LogP contribution in [0.15, 0.2) is 10.6 Å². The molecule has 0 atom stereocenters. The summed E-state index contributed by atoms with van der Waals surface area (Å²) < 4.78 is 5.05. The third-order valence-electron chi connectivity index (χ3n) is 3.19. The minimum Gasteiger partial charge on any atom is -0.388 e. The van der Waals surface area contributed by atoms with Gasteiger partial charge in [0.25, 0.3) is 5.91 Å². The Morgan fingerprint density at radius 3 is 2.82 bits per heavy atom. The van der Waals surface area contributed by atoms with Crippen molar-refractivity contribution < 1.29 is 14.4 Å². The fraction of sp³-hybridized carbons (Fsp3) is 0.667. The fourth-order valence-electron chi connectivity index (χ4n) is 1.77. The van der Waals surface area contributed by atoms with E-state index < -0.39 is 5.60 Å². The van der Waals surface area contributed by atoms with Crippen LogP contribution in [0, 0.1) is 0 Å². The van der Waals surface area contributed by atoms with Gasteiger partial charge >= 0.3 is 0 Å². The number of hydrogen-bond acceptors (Lipinski definition) is 4. The van der Waals surface area contributed by atoms with Crippen LogP contribution in [-0.4, -0.2) is 28.3 Å². The Morgan fingerprint density at radius 2 is 2.35 bits per heavy atom. The number of hydrogen-bond donors (Lipinski definition) is 2.